The van der Waals surface area contributed by atoms with Crippen LogP contribution in [0.15, 0.2) is 24.3 Å². The first kappa shape index (κ1) is 14.4. The van der Waals surface area contributed by atoms with Gasteiger partial charge in [0, 0.05) is 11.5 Å². The molecule has 0 aliphatic heterocycles. The summed E-state index contributed by atoms with van der Waals surface area (Å²) in [6, 6.07) is 9.35. The summed E-state index contributed by atoms with van der Waals surface area (Å²) in [4.78, 5) is 0. The summed E-state index contributed by atoms with van der Waals surface area (Å²) in [6.07, 6.45) is 4.80. The zero-order valence-corrected chi connectivity index (χ0v) is 13.0. The average molecular weight is 320 g/mol. The maximum Gasteiger partial charge on any atom is 0.137 e. The van der Waals surface area contributed by atoms with E-state index in [-0.39, 0.29) is 0 Å². The fourth-order valence-corrected chi connectivity index (χ4v) is 3.58. The molecule has 0 unspecified atom stereocenters. The molecule has 1 heterocycles. The number of aromatic nitrogens is 2. The van der Waals surface area contributed by atoms with Gasteiger partial charge in [0.1, 0.15) is 5.15 Å². The van der Waals surface area contributed by atoms with Crippen LogP contribution in [-0.4, -0.2) is 9.78 Å². The molecule has 2 aromatic rings. The van der Waals surface area contributed by atoms with Gasteiger partial charge in [0.15, 0.2) is 0 Å². The average Bonchev–Trinajstić information content (AvgIpc) is 3.15. The van der Waals surface area contributed by atoms with Crippen molar-refractivity contribution in [1.29, 1.82) is 5.26 Å². The monoisotopic (exact) mass is 319 g/mol. The number of rotatable bonds is 3. The van der Waals surface area contributed by atoms with E-state index in [4.69, 9.17) is 33.6 Å². The Hall–Kier alpha value is -1.50. The van der Waals surface area contributed by atoms with Crippen molar-refractivity contribution in [1.82, 2.24) is 9.78 Å². The predicted molar refractivity (Wildman–Crippen MR) is 84.1 cm³/mol. The smallest absolute Gasteiger partial charge is 0.137 e. The second-order valence-corrected chi connectivity index (χ2v) is 5.97. The second kappa shape index (κ2) is 6.09. The van der Waals surface area contributed by atoms with Crippen LogP contribution in [0, 0.1) is 11.3 Å². The van der Waals surface area contributed by atoms with E-state index >= 15 is 0 Å². The number of alkyl halides is 1. The Morgan fingerprint density at radius 2 is 1.90 bits per heavy atom. The molecule has 0 saturated heterocycles. The van der Waals surface area contributed by atoms with Crippen LogP contribution < -0.4 is 0 Å². The van der Waals surface area contributed by atoms with Gasteiger partial charge < -0.3 is 0 Å². The Morgan fingerprint density at radius 3 is 2.48 bits per heavy atom. The standard InChI is InChI=1S/C16H15Cl2N3/c17-9-14-15(12-3-1-2-4-12)20-21(16(14)18)13-7-5-11(10-19)6-8-13/h5-8,12H,1-4,9H2. The molecule has 3 nitrogen and oxygen atoms in total. The topological polar surface area (TPSA) is 41.6 Å². The lowest BCUT2D eigenvalue weighted by Crippen LogP contribution is -2.00. The van der Waals surface area contributed by atoms with Crippen LogP contribution in [0.3, 0.4) is 0 Å². The molecule has 1 fully saturated rings. The molecule has 0 N–H and O–H groups in total. The zero-order chi connectivity index (χ0) is 14.8. The summed E-state index contributed by atoms with van der Waals surface area (Å²) in [5.74, 6) is 0.844. The third-order valence-corrected chi connectivity index (χ3v) is 4.72. The first-order chi connectivity index (χ1) is 10.2. The third-order valence-electron chi connectivity index (χ3n) is 4.07. The summed E-state index contributed by atoms with van der Waals surface area (Å²) in [6.45, 7) is 0. The lowest BCUT2D eigenvalue weighted by atomic mass is 10.0. The molecule has 0 spiro atoms. The fourth-order valence-electron chi connectivity index (χ4n) is 2.94. The van der Waals surface area contributed by atoms with Crippen molar-refractivity contribution in [2.24, 2.45) is 0 Å². The van der Waals surface area contributed by atoms with Crippen molar-refractivity contribution in [3.8, 4) is 11.8 Å². The van der Waals surface area contributed by atoms with Crippen molar-refractivity contribution in [3.05, 3.63) is 46.2 Å². The van der Waals surface area contributed by atoms with E-state index in [2.05, 4.69) is 6.07 Å². The van der Waals surface area contributed by atoms with Gasteiger partial charge in [0.2, 0.25) is 0 Å². The molecular weight excluding hydrogens is 305 g/mol. The van der Waals surface area contributed by atoms with Gasteiger partial charge in [-0.25, -0.2) is 4.68 Å². The number of nitrogens with zero attached hydrogens (tertiary/aromatic N) is 3. The van der Waals surface area contributed by atoms with Gasteiger partial charge in [-0.1, -0.05) is 24.4 Å². The highest BCUT2D eigenvalue weighted by molar-refractivity contribution is 6.31. The molecule has 0 atom stereocenters. The summed E-state index contributed by atoms with van der Waals surface area (Å²) < 4.78 is 1.73. The van der Waals surface area contributed by atoms with Crippen LogP contribution in [-0.2, 0) is 5.88 Å². The van der Waals surface area contributed by atoms with E-state index in [1.54, 1.807) is 16.8 Å². The Morgan fingerprint density at radius 1 is 1.24 bits per heavy atom. The van der Waals surface area contributed by atoms with Crippen molar-refractivity contribution in [2.75, 3.05) is 0 Å². The van der Waals surface area contributed by atoms with Gasteiger partial charge in [-0.3, -0.25) is 0 Å². The molecule has 108 valence electrons. The lowest BCUT2D eigenvalue weighted by Gasteiger charge is -2.06. The number of halogens is 2. The summed E-state index contributed by atoms with van der Waals surface area (Å²) in [7, 11) is 0. The van der Waals surface area contributed by atoms with Crippen molar-refractivity contribution >= 4 is 23.2 Å². The highest BCUT2D eigenvalue weighted by Gasteiger charge is 2.26. The van der Waals surface area contributed by atoms with E-state index in [1.165, 1.54) is 12.8 Å². The SMILES string of the molecule is N#Cc1ccc(-n2nc(C3CCCC3)c(CCl)c2Cl)cc1. The minimum atomic E-state index is 0.376. The fraction of sp³-hybridized carbons (Fsp3) is 0.375. The second-order valence-electron chi connectivity index (χ2n) is 5.34. The number of hydrogen-bond acceptors (Lipinski definition) is 2. The minimum absolute atomic E-state index is 0.376. The van der Waals surface area contributed by atoms with Crippen LogP contribution >= 0.6 is 23.2 Å². The van der Waals surface area contributed by atoms with Crippen molar-refractivity contribution in [2.45, 2.75) is 37.5 Å². The first-order valence-corrected chi connectivity index (χ1v) is 7.99. The lowest BCUT2D eigenvalue weighted by molar-refractivity contribution is 0.675. The molecule has 1 aliphatic carbocycles. The first-order valence-electron chi connectivity index (χ1n) is 7.08. The minimum Gasteiger partial charge on any atom is -0.222 e. The third kappa shape index (κ3) is 2.66. The van der Waals surface area contributed by atoms with Gasteiger partial charge >= 0.3 is 0 Å². The van der Waals surface area contributed by atoms with E-state index in [1.807, 2.05) is 12.1 Å². The van der Waals surface area contributed by atoms with E-state index in [9.17, 15) is 0 Å². The molecule has 0 amide bonds. The van der Waals surface area contributed by atoms with Crippen LogP contribution in [0.5, 0.6) is 0 Å². The summed E-state index contributed by atoms with van der Waals surface area (Å²) >= 11 is 12.6. The Balaban J connectivity index is 2.04. The van der Waals surface area contributed by atoms with Crippen LogP contribution in [0.25, 0.3) is 5.69 Å². The van der Waals surface area contributed by atoms with Crippen molar-refractivity contribution in [3.63, 3.8) is 0 Å². The number of hydrogen-bond donors (Lipinski definition) is 0. The maximum atomic E-state index is 8.87. The van der Waals surface area contributed by atoms with E-state index in [0.29, 0.717) is 22.5 Å². The Bertz CT molecular complexity index is 677. The van der Waals surface area contributed by atoms with Crippen molar-refractivity contribution < 1.29 is 0 Å². The van der Waals surface area contributed by atoms with Gasteiger partial charge in [-0.15, -0.1) is 11.6 Å². The predicted octanol–water partition coefficient (Wildman–Crippen LogP) is 4.79. The molecule has 5 heteroatoms. The van der Waals surface area contributed by atoms with Gasteiger partial charge in [-0.05, 0) is 37.1 Å². The molecule has 0 radical (unpaired) electrons. The van der Waals surface area contributed by atoms with Gasteiger partial charge in [-0.2, -0.15) is 10.4 Å². The molecule has 1 saturated carbocycles. The highest BCUT2D eigenvalue weighted by atomic mass is 35.5. The summed E-state index contributed by atoms with van der Waals surface area (Å²) in [5.41, 5.74) is 3.46. The molecule has 1 aromatic carbocycles. The maximum absolute atomic E-state index is 8.87. The molecule has 1 aliphatic rings. The zero-order valence-electron chi connectivity index (χ0n) is 11.5. The summed E-state index contributed by atoms with van der Waals surface area (Å²) in [5, 5.41) is 14.2. The molecule has 21 heavy (non-hydrogen) atoms. The molecule has 1 aromatic heterocycles. The largest absolute Gasteiger partial charge is 0.222 e. The Kier molecular flexibility index (Phi) is 4.19. The van der Waals surface area contributed by atoms with E-state index < -0.39 is 0 Å². The molecule has 0 bridgehead atoms. The molecule has 3 rings (SSSR count). The van der Waals surface area contributed by atoms with Gasteiger partial charge in [0.25, 0.3) is 0 Å². The van der Waals surface area contributed by atoms with Crippen LogP contribution in [0.2, 0.25) is 5.15 Å². The number of nitriles is 1. The Labute approximate surface area is 134 Å². The quantitative estimate of drug-likeness (QED) is 0.763. The van der Waals surface area contributed by atoms with Crippen LogP contribution in [0.4, 0.5) is 0 Å². The van der Waals surface area contributed by atoms with E-state index in [0.717, 1.165) is 29.8 Å². The number of benzene rings is 1. The van der Waals surface area contributed by atoms with Crippen LogP contribution in [0.1, 0.15) is 48.4 Å². The highest BCUT2D eigenvalue weighted by Crippen LogP contribution is 2.38. The molecular formula is C16H15Cl2N3. The normalized spacial score (nSPS) is 15.3. The van der Waals surface area contributed by atoms with Gasteiger partial charge in [0.05, 0.1) is 28.9 Å².